The third-order valence-electron chi connectivity index (χ3n) is 4.37. The van der Waals surface area contributed by atoms with Crippen molar-refractivity contribution >= 4 is 78.3 Å². The summed E-state index contributed by atoms with van der Waals surface area (Å²) in [4.78, 5) is 26.8. The van der Waals surface area contributed by atoms with Gasteiger partial charge < -0.3 is 5.11 Å². The van der Waals surface area contributed by atoms with Crippen LogP contribution in [-0.2, 0) is 11.3 Å². The maximum atomic E-state index is 12.8. The van der Waals surface area contributed by atoms with Crippen molar-refractivity contribution in [1.82, 2.24) is 4.90 Å². The second-order valence-corrected chi connectivity index (χ2v) is 9.35. The van der Waals surface area contributed by atoms with E-state index in [-0.39, 0.29) is 23.4 Å². The fourth-order valence-corrected chi connectivity index (χ4v) is 5.37. The summed E-state index contributed by atoms with van der Waals surface area (Å²) in [5, 5.41) is 12.1. The van der Waals surface area contributed by atoms with Gasteiger partial charge in [-0.25, -0.2) is 0 Å². The van der Waals surface area contributed by atoms with Gasteiger partial charge >= 0.3 is 0 Å². The van der Waals surface area contributed by atoms with Gasteiger partial charge in [-0.05, 0) is 75.0 Å². The number of hydrogen-bond acceptors (Lipinski definition) is 4. The van der Waals surface area contributed by atoms with Crippen LogP contribution in [0, 0.1) is 3.57 Å². The van der Waals surface area contributed by atoms with Crippen molar-refractivity contribution in [1.29, 1.82) is 0 Å². The summed E-state index contributed by atoms with van der Waals surface area (Å²) in [6, 6.07) is 17.4. The number of thioether (sulfide) groups is 1. The molecule has 1 heterocycles. The summed E-state index contributed by atoms with van der Waals surface area (Å²) in [6.45, 7) is 0.217. The van der Waals surface area contributed by atoms with E-state index in [1.807, 2.05) is 65.1 Å². The molecule has 1 saturated heterocycles. The molecule has 0 saturated carbocycles. The lowest BCUT2D eigenvalue weighted by Crippen LogP contribution is -2.27. The molecule has 140 valence electrons. The molecule has 1 fully saturated rings. The minimum atomic E-state index is -0.349. The normalized spacial score (nSPS) is 15.8. The van der Waals surface area contributed by atoms with Crippen LogP contribution >= 0.6 is 50.3 Å². The van der Waals surface area contributed by atoms with Crippen molar-refractivity contribution in [2.45, 2.75) is 6.54 Å². The lowest BCUT2D eigenvalue weighted by molar-refractivity contribution is -0.123. The molecule has 0 atom stereocenters. The van der Waals surface area contributed by atoms with E-state index in [1.165, 1.54) is 4.90 Å². The minimum Gasteiger partial charge on any atom is -0.506 e. The van der Waals surface area contributed by atoms with Crippen molar-refractivity contribution in [3.8, 4) is 5.75 Å². The van der Waals surface area contributed by atoms with Crippen molar-refractivity contribution in [2.24, 2.45) is 0 Å². The number of phenols is 1. The molecule has 0 spiro atoms. The maximum Gasteiger partial charge on any atom is 0.293 e. The molecule has 28 heavy (non-hydrogen) atoms. The fourth-order valence-electron chi connectivity index (χ4n) is 2.99. The van der Waals surface area contributed by atoms with E-state index in [1.54, 1.807) is 18.2 Å². The molecule has 7 heteroatoms. The highest BCUT2D eigenvalue weighted by Gasteiger charge is 2.35. The third kappa shape index (κ3) is 3.83. The Labute approximate surface area is 187 Å². The van der Waals surface area contributed by atoms with Crippen LogP contribution in [0.15, 0.2) is 64.0 Å². The Morgan fingerprint density at radius 3 is 2.61 bits per heavy atom. The molecule has 0 aromatic heterocycles. The molecule has 4 nitrogen and oxygen atoms in total. The van der Waals surface area contributed by atoms with Crippen LogP contribution in [0.4, 0.5) is 4.79 Å². The second-order valence-electron chi connectivity index (χ2n) is 6.27. The topological polar surface area (TPSA) is 57.6 Å². The molecular formula is C21H13BrINO3S. The van der Waals surface area contributed by atoms with Crippen LogP contribution in [-0.4, -0.2) is 21.2 Å². The molecule has 0 bridgehead atoms. The number of rotatable bonds is 3. The van der Waals surface area contributed by atoms with Crippen LogP contribution in [0.2, 0.25) is 0 Å². The average Bonchev–Trinajstić information content (AvgIpc) is 2.93. The van der Waals surface area contributed by atoms with E-state index in [9.17, 15) is 14.7 Å². The van der Waals surface area contributed by atoms with Gasteiger partial charge in [0.2, 0.25) is 0 Å². The number of halogens is 2. The second kappa shape index (κ2) is 7.88. The van der Waals surface area contributed by atoms with E-state index < -0.39 is 0 Å². The van der Waals surface area contributed by atoms with Gasteiger partial charge in [0.1, 0.15) is 5.75 Å². The number of carbonyl (C=O) groups excluding carboxylic acids is 2. The molecule has 0 aliphatic carbocycles. The molecule has 3 aromatic rings. The van der Waals surface area contributed by atoms with Crippen molar-refractivity contribution in [2.75, 3.05) is 0 Å². The molecule has 1 aliphatic rings. The first-order chi connectivity index (χ1) is 13.4. The Balaban J connectivity index is 1.62. The third-order valence-corrected chi connectivity index (χ3v) is 6.56. The highest BCUT2D eigenvalue weighted by molar-refractivity contribution is 14.1. The Kier molecular flexibility index (Phi) is 5.48. The van der Waals surface area contributed by atoms with Crippen LogP contribution in [0.3, 0.4) is 0 Å². The van der Waals surface area contributed by atoms with Gasteiger partial charge in [-0.1, -0.05) is 52.3 Å². The van der Waals surface area contributed by atoms with E-state index in [2.05, 4.69) is 15.9 Å². The molecule has 2 amide bonds. The predicted octanol–water partition coefficient (Wildman–Crippen LogP) is 6.15. The highest BCUT2D eigenvalue weighted by atomic mass is 127. The van der Waals surface area contributed by atoms with Crippen molar-refractivity contribution < 1.29 is 14.7 Å². The number of benzene rings is 3. The fraction of sp³-hybridized carbons (Fsp3) is 0.0476. The standard InChI is InChI=1S/C21H13BrINO3S/c22-16-8-15(19(25)17(23)10-16)9-18-20(26)24(21(27)28-18)11-12-5-6-13-3-1-2-4-14(13)7-12/h1-10,25H,11H2/b18-9-. The van der Waals surface area contributed by atoms with E-state index in [0.717, 1.165) is 32.6 Å². The summed E-state index contributed by atoms with van der Waals surface area (Å²) in [7, 11) is 0. The molecule has 0 radical (unpaired) electrons. The highest BCUT2D eigenvalue weighted by Crippen LogP contribution is 2.37. The maximum absolute atomic E-state index is 12.8. The molecule has 0 unspecified atom stereocenters. The van der Waals surface area contributed by atoms with Gasteiger partial charge in [-0.2, -0.15) is 0 Å². The number of hydrogen-bond donors (Lipinski definition) is 1. The average molecular weight is 566 g/mol. The van der Waals surface area contributed by atoms with Crippen molar-refractivity contribution in [3.63, 3.8) is 0 Å². The zero-order chi connectivity index (χ0) is 19.8. The summed E-state index contributed by atoms with van der Waals surface area (Å²) < 4.78 is 1.45. The number of imide groups is 1. The minimum absolute atomic E-state index is 0.0881. The van der Waals surface area contributed by atoms with E-state index in [4.69, 9.17) is 0 Å². The first kappa shape index (κ1) is 19.5. The zero-order valence-corrected chi connectivity index (χ0v) is 18.9. The Morgan fingerprint density at radius 1 is 1.07 bits per heavy atom. The van der Waals surface area contributed by atoms with Crippen molar-refractivity contribution in [3.05, 3.63) is 78.7 Å². The number of phenolic OH excluding ortho intramolecular Hbond substituents is 1. The summed E-state index contributed by atoms with van der Waals surface area (Å²) in [5.41, 5.74) is 1.39. The lowest BCUT2D eigenvalue weighted by Gasteiger charge is -2.13. The van der Waals surface area contributed by atoms with Gasteiger partial charge in [-0.3, -0.25) is 14.5 Å². The zero-order valence-electron chi connectivity index (χ0n) is 14.4. The monoisotopic (exact) mass is 565 g/mol. The number of carbonyl (C=O) groups is 2. The van der Waals surface area contributed by atoms with Crippen LogP contribution in [0.1, 0.15) is 11.1 Å². The summed E-state index contributed by atoms with van der Waals surface area (Å²) >= 11 is 6.29. The van der Waals surface area contributed by atoms with Crippen LogP contribution in [0.25, 0.3) is 16.8 Å². The first-order valence-corrected chi connectivity index (χ1v) is 11.0. The molecular weight excluding hydrogens is 553 g/mol. The summed E-state index contributed by atoms with van der Waals surface area (Å²) in [6.07, 6.45) is 1.56. The van der Waals surface area contributed by atoms with Crippen LogP contribution in [0.5, 0.6) is 5.75 Å². The van der Waals surface area contributed by atoms with Gasteiger partial charge in [0.25, 0.3) is 11.1 Å². The molecule has 3 aromatic carbocycles. The van der Waals surface area contributed by atoms with Gasteiger partial charge in [-0.15, -0.1) is 0 Å². The van der Waals surface area contributed by atoms with Gasteiger partial charge in [0.05, 0.1) is 15.0 Å². The van der Waals surface area contributed by atoms with Crippen LogP contribution < -0.4 is 0 Å². The molecule has 1 N–H and O–H groups in total. The number of aromatic hydroxyl groups is 1. The van der Waals surface area contributed by atoms with E-state index >= 15 is 0 Å². The summed E-state index contributed by atoms with van der Waals surface area (Å²) in [5.74, 6) is -0.261. The Morgan fingerprint density at radius 2 is 1.82 bits per heavy atom. The smallest absolute Gasteiger partial charge is 0.293 e. The number of fused-ring (bicyclic) bond motifs is 1. The predicted molar refractivity (Wildman–Crippen MR) is 124 cm³/mol. The number of nitrogens with zero attached hydrogens (tertiary/aromatic N) is 1. The molecule has 4 rings (SSSR count). The Hall–Kier alpha value is -1.84. The van der Waals surface area contributed by atoms with Gasteiger partial charge in [0, 0.05) is 10.0 Å². The Bertz CT molecular complexity index is 1160. The quantitative estimate of drug-likeness (QED) is 0.306. The molecule has 1 aliphatic heterocycles. The lowest BCUT2D eigenvalue weighted by atomic mass is 10.1. The number of amides is 2. The first-order valence-electron chi connectivity index (χ1n) is 8.33. The SMILES string of the molecule is O=C1S/C(=C\c2cc(Br)cc(I)c2O)C(=O)N1Cc1ccc2ccccc2c1. The van der Waals surface area contributed by atoms with E-state index in [0.29, 0.717) is 14.0 Å². The van der Waals surface area contributed by atoms with Gasteiger partial charge in [0.15, 0.2) is 0 Å². The largest absolute Gasteiger partial charge is 0.506 e.